The third-order valence-corrected chi connectivity index (χ3v) is 10.3. The summed E-state index contributed by atoms with van der Waals surface area (Å²) >= 11 is 0. The third-order valence-electron chi connectivity index (χ3n) is 10.3. The SMILES string of the molecule is CC/C=C\C/C=C\C/C=C\CCCCCCCCOCC(COC(=O)CCCCCCC/C=C\CCCCCC)OC(=O)CCCCCCCCCCCCC. The van der Waals surface area contributed by atoms with E-state index in [1.165, 1.54) is 128 Å². The molecule has 0 amide bonds. The van der Waals surface area contributed by atoms with Gasteiger partial charge in [0.1, 0.15) is 6.61 Å². The van der Waals surface area contributed by atoms with Gasteiger partial charge < -0.3 is 14.2 Å². The van der Waals surface area contributed by atoms with Crippen molar-refractivity contribution in [3.8, 4) is 0 Å². The fourth-order valence-corrected chi connectivity index (χ4v) is 6.75. The van der Waals surface area contributed by atoms with Crippen molar-refractivity contribution in [3.63, 3.8) is 0 Å². The molecule has 0 aliphatic carbocycles. The highest BCUT2D eigenvalue weighted by atomic mass is 16.6. The summed E-state index contributed by atoms with van der Waals surface area (Å²) in [6, 6.07) is 0. The number of hydrogen-bond acceptors (Lipinski definition) is 5. The Labute approximate surface area is 348 Å². The molecular formula is C51H92O5. The lowest BCUT2D eigenvalue weighted by Crippen LogP contribution is -2.30. The molecule has 0 saturated carbocycles. The van der Waals surface area contributed by atoms with Crippen molar-refractivity contribution in [2.45, 2.75) is 245 Å². The highest BCUT2D eigenvalue weighted by molar-refractivity contribution is 5.70. The van der Waals surface area contributed by atoms with Crippen LogP contribution in [-0.4, -0.2) is 37.9 Å². The summed E-state index contributed by atoms with van der Waals surface area (Å²) in [6.07, 6.45) is 56.8. The molecule has 0 aliphatic rings. The molecule has 1 unspecified atom stereocenters. The molecule has 0 radical (unpaired) electrons. The largest absolute Gasteiger partial charge is 0.462 e. The molecule has 0 N–H and O–H groups in total. The van der Waals surface area contributed by atoms with Crippen molar-refractivity contribution >= 4 is 11.9 Å². The maximum atomic E-state index is 12.7. The van der Waals surface area contributed by atoms with Gasteiger partial charge in [0.15, 0.2) is 6.10 Å². The van der Waals surface area contributed by atoms with Gasteiger partial charge in [0.25, 0.3) is 0 Å². The second-order valence-corrected chi connectivity index (χ2v) is 16.0. The Morgan fingerprint density at radius 2 is 0.804 bits per heavy atom. The van der Waals surface area contributed by atoms with Gasteiger partial charge >= 0.3 is 11.9 Å². The number of ether oxygens (including phenoxy) is 3. The number of rotatable bonds is 44. The molecule has 0 bridgehead atoms. The van der Waals surface area contributed by atoms with Crippen LogP contribution in [0.4, 0.5) is 0 Å². The summed E-state index contributed by atoms with van der Waals surface area (Å²) in [5.41, 5.74) is 0. The van der Waals surface area contributed by atoms with E-state index in [2.05, 4.69) is 69.4 Å². The molecule has 0 heterocycles. The van der Waals surface area contributed by atoms with E-state index in [0.717, 1.165) is 77.0 Å². The average Bonchev–Trinajstić information content (AvgIpc) is 3.20. The third kappa shape index (κ3) is 44.6. The molecule has 0 fully saturated rings. The van der Waals surface area contributed by atoms with E-state index in [1.807, 2.05) is 0 Å². The molecule has 1 atom stereocenters. The molecular weight excluding hydrogens is 693 g/mol. The van der Waals surface area contributed by atoms with Gasteiger partial charge in [-0.3, -0.25) is 9.59 Å². The predicted octanol–water partition coefficient (Wildman–Crippen LogP) is 16.0. The Kier molecular flexibility index (Phi) is 45.4. The Hall–Kier alpha value is -2.14. The van der Waals surface area contributed by atoms with Crippen molar-refractivity contribution in [3.05, 3.63) is 48.6 Å². The van der Waals surface area contributed by atoms with Crippen LogP contribution in [0.3, 0.4) is 0 Å². The van der Waals surface area contributed by atoms with Gasteiger partial charge in [-0.25, -0.2) is 0 Å². The normalized spacial score (nSPS) is 12.6. The van der Waals surface area contributed by atoms with Crippen LogP contribution in [0, 0.1) is 0 Å². The maximum absolute atomic E-state index is 12.7. The van der Waals surface area contributed by atoms with Crippen LogP contribution in [-0.2, 0) is 23.8 Å². The fourth-order valence-electron chi connectivity index (χ4n) is 6.75. The van der Waals surface area contributed by atoms with Crippen LogP contribution in [0.1, 0.15) is 239 Å². The monoisotopic (exact) mass is 785 g/mol. The zero-order chi connectivity index (χ0) is 40.7. The molecule has 56 heavy (non-hydrogen) atoms. The number of allylic oxidation sites excluding steroid dienone is 8. The summed E-state index contributed by atoms with van der Waals surface area (Å²) in [5.74, 6) is -0.409. The lowest BCUT2D eigenvalue weighted by Gasteiger charge is -2.18. The topological polar surface area (TPSA) is 61.8 Å². The first kappa shape index (κ1) is 53.9. The molecule has 0 saturated heterocycles. The van der Waals surface area contributed by atoms with Crippen LogP contribution in [0.2, 0.25) is 0 Å². The number of hydrogen-bond donors (Lipinski definition) is 0. The number of carbonyl (C=O) groups excluding carboxylic acids is 2. The molecule has 5 heteroatoms. The summed E-state index contributed by atoms with van der Waals surface area (Å²) < 4.78 is 17.3. The minimum Gasteiger partial charge on any atom is -0.462 e. The molecule has 326 valence electrons. The van der Waals surface area contributed by atoms with E-state index in [9.17, 15) is 9.59 Å². The highest BCUT2D eigenvalue weighted by Gasteiger charge is 2.17. The van der Waals surface area contributed by atoms with E-state index in [0.29, 0.717) is 19.4 Å². The van der Waals surface area contributed by atoms with Crippen molar-refractivity contribution in [2.24, 2.45) is 0 Å². The number of carbonyl (C=O) groups is 2. The zero-order valence-corrected chi connectivity index (χ0v) is 37.4. The first-order chi connectivity index (χ1) is 27.6. The van der Waals surface area contributed by atoms with Gasteiger partial charge in [-0.05, 0) is 77.0 Å². The van der Waals surface area contributed by atoms with E-state index in [1.54, 1.807) is 0 Å². The molecule has 0 rings (SSSR count). The van der Waals surface area contributed by atoms with Crippen LogP contribution in [0.25, 0.3) is 0 Å². The standard InChI is InChI=1S/C51H92O5/c1-4-7-10-13-16-19-22-24-25-26-28-31-34-37-40-43-46-54-47-49(56-51(53)45-42-39-36-33-29-21-18-15-12-9-6-3)48-55-50(52)44-41-38-35-32-30-27-23-20-17-14-11-8-5-2/h7,10,16,19-20,23-25,49H,4-6,8-9,11-15,17-18,21-22,26-48H2,1-3H3/b10-7-,19-16-,23-20-,25-24-. The molecule has 0 aliphatic heterocycles. The van der Waals surface area contributed by atoms with Gasteiger partial charge in [-0.2, -0.15) is 0 Å². The minimum atomic E-state index is -0.541. The predicted molar refractivity (Wildman–Crippen MR) is 242 cm³/mol. The van der Waals surface area contributed by atoms with Crippen LogP contribution >= 0.6 is 0 Å². The minimum absolute atomic E-state index is 0.0780. The van der Waals surface area contributed by atoms with E-state index in [4.69, 9.17) is 14.2 Å². The molecule has 0 aromatic carbocycles. The van der Waals surface area contributed by atoms with E-state index in [-0.39, 0.29) is 25.2 Å². The van der Waals surface area contributed by atoms with Gasteiger partial charge in [-0.1, -0.05) is 198 Å². The zero-order valence-electron chi connectivity index (χ0n) is 37.4. The van der Waals surface area contributed by atoms with Crippen molar-refractivity contribution in [2.75, 3.05) is 19.8 Å². The Morgan fingerprint density at radius 1 is 0.411 bits per heavy atom. The number of esters is 2. The van der Waals surface area contributed by atoms with Gasteiger partial charge in [0.2, 0.25) is 0 Å². The van der Waals surface area contributed by atoms with Crippen LogP contribution in [0.15, 0.2) is 48.6 Å². The molecule has 0 spiro atoms. The first-order valence-corrected chi connectivity index (χ1v) is 24.2. The lowest BCUT2D eigenvalue weighted by atomic mass is 10.1. The second-order valence-electron chi connectivity index (χ2n) is 16.0. The quantitative estimate of drug-likeness (QED) is 0.0350. The summed E-state index contributed by atoms with van der Waals surface area (Å²) in [6.45, 7) is 7.68. The summed E-state index contributed by atoms with van der Waals surface area (Å²) in [7, 11) is 0. The summed E-state index contributed by atoms with van der Waals surface area (Å²) in [5, 5.41) is 0. The lowest BCUT2D eigenvalue weighted by molar-refractivity contribution is -0.163. The first-order valence-electron chi connectivity index (χ1n) is 24.2. The highest BCUT2D eigenvalue weighted by Crippen LogP contribution is 2.14. The Balaban J connectivity index is 4.26. The van der Waals surface area contributed by atoms with E-state index < -0.39 is 6.10 Å². The fraction of sp³-hybridized carbons (Fsp3) is 0.804. The Bertz CT molecular complexity index is 935. The van der Waals surface area contributed by atoms with Crippen LogP contribution < -0.4 is 0 Å². The van der Waals surface area contributed by atoms with Crippen molar-refractivity contribution in [1.29, 1.82) is 0 Å². The maximum Gasteiger partial charge on any atom is 0.306 e. The van der Waals surface area contributed by atoms with Gasteiger partial charge in [0, 0.05) is 19.4 Å². The smallest absolute Gasteiger partial charge is 0.306 e. The van der Waals surface area contributed by atoms with Gasteiger partial charge in [0.05, 0.1) is 6.61 Å². The van der Waals surface area contributed by atoms with Crippen molar-refractivity contribution < 1.29 is 23.8 Å². The van der Waals surface area contributed by atoms with E-state index >= 15 is 0 Å². The Morgan fingerprint density at radius 3 is 1.32 bits per heavy atom. The summed E-state index contributed by atoms with van der Waals surface area (Å²) in [4.78, 5) is 25.3. The van der Waals surface area contributed by atoms with Crippen LogP contribution in [0.5, 0.6) is 0 Å². The van der Waals surface area contributed by atoms with Gasteiger partial charge in [-0.15, -0.1) is 0 Å². The molecule has 0 aromatic heterocycles. The molecule has 0 aromatic rings. The average molecular weight is 785 g/mol. The second kappa shape index (κ2) is 47.2. The number of unbranched alkanes of at least 4 members (excludes halogenated alkanes) is 25. The molecule has 5 nitrogen and oxygen atoms in total. The van der Waals surface area contributed by atoms with Crippen molar-refractivity contribution in [1.82, 2.24) is 0 Å².